The lowest BCUT2D eigenvalue weighted by atomic mass is 10.1. The highest BCUT2D eigenvalue weighted by Gasteiger charge is 2.15. The zero-order valence-corrected chi connectivity index (χ0v) is 16.5. The standard InChI is InChI=1S/C22H28N2O3/c1-5-18-8-6-7-9-20(18)23-21(25)14-24(4)22(26)19-12-10-17(11-13-19)15-27-16(2)3/h6-13,16H,5,14-15H2,1-4H3,(H,23,25). The van der Waals surface area contributed by atoms with Crippen LogP contribution in [-0.4, -0.2) is 36.4 Å². The van der Waals surface area contributed by atoms with Gasteiger partial charge in [0.15, 0.2) is 0 Å². The van der Waals surface area contributed by atoms with Gasteiger partial charge in [-0.25, -0.2) is 0 Å². The van der Waals surface area contributed by atoms with E-state index >= 15 is 0 Å². The van der Waals surface area contributed by atoms with Crippen molar-refractivity contribution in [2.45, 2.75) is 39.9 Å². The topological polar surface area (TPSA) is 58.6 Å². The molecule has 0 atom stereocenters. The molecule has 5 nitrogen and oxygen atoms in total. The smallest absolute Gasteiger partial charge is 0.254 e. The normalized spacial score (nSPS) is 10.7. The van der Waals surface area contributed by atoms with Crippen LogP contribution in [0.3, 0.4) is 0 Å². The second-order valence-electron chi connectivity index (χ2n) is 6.78. The monoisotopic (exact) mass is 368 g/mol. The van der Waals surface area contributed by atoms with E-state index < -0.39 is 0 Å². The van der Waals surface area contributed by atoms with Crippen molar-refractivity contribution < 1.29 is 14.3 Å². The average molecular weight is 368 g/mol. The number of benzene rings is 2. The van der Waals surface area contributed by atoms with Crippen molar-refractivity contribution in [3.63, 3.8) is 0 Å². The summed E-state index contributed by atoms with van der Waals surface area (Å²) in [6.07, 6.45) is 0.992. The second kappa shape index (κ2) is 9.88. The fourth-order valence-electron chi connectivity index (χ4n) is 2.65. The summed E-state index contributed by atoms with van der Waals surface area (Å²) < 4.78 is 5.56. The Labute approximate surface area is 161 Å². The van der Waals surface area contributed by atoms with Gasteiger partial charge in [-0.3, -0.25) is 9.59 Å². The number of carbonyl (C=O) groups excluding carboxylic acids is 2. The lowest BCUT2D eigenvalue weighted by molar-refractivity contribution is -0.116. The summed E-state index contributed by atoms with van der Waals surface area (Å²) in [7, 11) is 1.63. The lowest BCUT2D eigenvalue weighted by Crippen LogP contribution is -2.35. The number of nitrogens with one attached hydrogen (secondary N) is 1. The number of likely N-dealkylation sites (N-methyl/N-ethyl adjacent to an activating group) is 1. The number of hydrogen-bond acceptors (Lipinski definition) is 3. The van der Waals surface area contributed by atoms with Crippen molar-refractivity contribution in [2.75, 3.05) is 18.9 Å². The average Bonchev–Trinajstić information content (AvgIpc) is 2.66. The number of carbonyl (C=O) groups is 2. The van der Waals surface area contributed by atoms with Crippen molar-refractivity contribution in [1.29, 1.82) is 0 Å². The van der Waals surface area contributed by atoms with Crippen LogP contribution >= 0.6 is 0 Å². The Morgan fingerprint density at radius 2 is 1.74 bits per heavy atom. The Morgan fingerprint density at radius 3 is 2.37 bits per heavy atom. The highest BCUT2D eigenvalue weighted by Crippen LogP contribution is 2.15. The van der Waals surface area contributed by atoms with Crippen LogP contribution in [0.25, 0.3) is 0 Å². The molecule has 5 heteroatoms. The first-order chi connectivity index (χ1) is 12.9. The molecule has 2 rings (SSSR count). The van der Waals surface area contributed by atoms with E-state index in [4.69, 9.17) is 4.74 Å². The number of ether oxygens (including phenoxy) is 1. The molecule has 2 amide bonds. The number of nitrogens with zero attached hydrogens (tertiary/aromatic N) is 1. The second-order valence-corrected chi connectivity index (χ2v) is 6.78. The molecule has 0 spiro atoms. The molecule has 27 heavy (non-hydrogen) atoms. The Morgan fingerprint density at radius 1 is 1.07 bits per heavy atom. The van der Waals surface area contributed by atoms with Crippen LogP contribution in [0.2, 0.25) is 0 Å². The van der Waals surface area contributed by atoms with Gasteiger partial charge in [-0.15, -0.1) is 0 Å². The summed E-state index contributed by atoms with van der Waals surface area (Å²) in [4.78, 5) is 26.3. The van der Waals surface area contributed by atoms with Crippen LogP contribution < -0.4 is 5.32 Å². The predicted molar refractivity (Wildman–Crippen MR) is 108 cm³/mol. The van der Waals surface area contributed by atoms with Crippen LogP contribution in [0.1, 0.15) is 42.3 Å². The molecule has 1 N–H and O–H groups in total. The summed E-state index contributed by atoms with van der Waals surface area (Å²) in [6, 6.07) is 15.0. The molecule has 2 aromatic carbocycles. The molecule has 144 valence electrons. The third-order valence-corrected chi connectivity index (χ3v) is 4.18. The summed E-state index contributed by atoms with van der Waals surface area (Å²) in [5.74, 6) is -0.404. The number of hydrogen-bond donors (Lipinski definition) is 1. The van der Waals surface area contributed by atoms with Crippen molar-refractivity contribution in [2.24, 2.45) is 0 Å². The molecule has 0 aromatic heterocycles. The van der Waals surface area contributed by atoms with E-state index in [0.29, 0.717) is 12.2 Å². The Balaban J connectivity index is 1.93. The fraction of sp³-hybridized carbons (Fsp3) is 0.364. The van der Waals surface area contributed by atoms with E-state index in [-0.39, 0.29) is 24.5 Å². The fourth-order valence-corrected chi connectivity index (χ4v) is 2.65. The van der Waals surface area contributed by atoms with Crippen molar-refractivity contribution in [3.05, 3.63) is 65.2 Å². The van der Waals surface area contributed by atoms with Crippen LogP contribution in [0.5, 0.6) is 0 Å². The Kier molecular flexibility index (Phi) is 7.55. The van der Waals surface area contributed by atoms with Gasteiger partial charge in [0.05, 0.1) is 19.3 Å². The van der Waals surface area contributed by atoms with Gasteiger partial charge in [-0.2, -0.15) is 0 Å². The first-order valence-electron chi connectivity index (χ1n) is 9.24. The number of aryl methyl sites for hydroxylation is 1. The van der Waals surface area contributed by atoms with Gasteiger partial charge < -0.3 is 15.0 Å². The highest BCUT2D eigenvalue weighted by molar-refractivity contribution is 5.99. The van der Waals surface area contributed by atoms with E-state index in [1.54, 1.807) is 19.2 Å². The number of rotatable bonds is 8. The largest absolute Gasteiger partial charge is 0.374 e. The van der Waals surface area contributed by atoms with E-state index in [0.717, 1.165) is 23.2 Å². The molecular formula is C22H28N2O3. The van der Waals surface area contributed by atoms with Gasteiger partial charge in [0.25, 0.3) is 5.91 Å². The number of anilines is 1. The van der Waals surface area contributed by atoms with Crippen molar-refractivity contribution in [3.8, 4) is 0 Å². The summed E-state index contributed by atoms with van der Waals surface area (Å²) in [6.45, 7) is 6.51. The Hall–Kier alpha value is -2.66. The maximum absolute atomic E-state index is 12.5. The zero-order valence-electron chi connectivity index (χ0n) is 16.5. The Bertz CT molecular complexity index is 769. The number of amides is 2. The van der Waals surface area contributed by atoms with Crippen molar-refractivity contribution >= 4 is 17.5 Å². The third-order valence-electron chi connectivity index (χ3n) is 4.18. The first-order valence-corrected chi connectivity index (χ1v) is 9.24. The van der Waals surface area contributed by atoms with Crippen LogP contribution in [0.4, 0.5) is 5.69 Å². The minimum Gasteiger partial charge on any atom is -0.374 e. The molecule has 0 aliphatic carbocycles. The molecule has 0 unspecified atom stereocenters. The van der Waals surface area contributed by atoms with Gasteiger partial charge in [0.1, 0.15) is 0 Å². The van der Waals surface area contributed by atoms with E-state index in [1.165, 1.54) is 4.90 Å². The van der Waals surface area contributed by atoms with Gasteiger partial charge in [-0.1, -0.05) is 37.3 Å². The first kappa shape index (κ1) is 20.6. The molecular weight excluding hydrogens is 340 g/mol. The van der Waals surface area contributed by atoms with Crippen LogP contribution in [0.15, 0.2) is 48.5 Å². The SMILES string of the molecule is CCc1ccccc1NC(=O)CN(C)C(=O)c1ccc(COC(C)C)cc1. The van der Waals surface area contributed by atoms with Crippen molar-refractivity contribution in [1.82, 2.24) is 4.90 Å². The molecule has 0 radical (unpaired) electrons. The minimum absolute atomic E-state index is 0.00487. The van der Waals surface area contributed by atoms with E-state index in [1.807, 2.05) is 57.2 Å². The molecule has 0 bridgehead atoms. The summed E-state index contributed by atoms with van der Waals surface area (Å²) in [5, 5.41) is 2.89. The predicted octanol–water partition coefficient (Wildman–Crippen LogP) is 3.88. The van der Waals surface area contributed by atoms with Gasteiger partial charge >= 0.3 is 0 Å². The maximum Gasteiger partial charge on any atom is 0.254 e. The lowest BCUT2D eigenvalue weighted by Gasteiger charge is -2.18. The highest BCUT2D eigenvalue weighted by atomic mass is 16.5. The van der Waals surface area contributed by atoms with Gasteiger partial charge in [0.2, 0.25) is 5.91 Å². The van der Waals surface area contributed by atoms with E-state index in [9.17, 15) is 9.59 Å². The molecule has 2 aromatic rings. The molecule has 0 fully saturated rings. The van der Waals surface area contributed by atoms with E-state index in [2.05, 4.69) is 5.32 Å². The molecule has 0 saturated carbocycles. The van der Waals surface area contributed by atoms with Gasteiger partial charge in [-0.05, 0) is 49.6 Å². The van der Waals surface area contributed by atoms with Crippen LogP contribution in [-0.2, 0) is 22.6 Å². The number of para-hydroxylation sites is 1. The summed E-state index contributed by atoms with van der Waals surface area (Å²) >= 11 is 0. The molecule has 0 heterocycles. The quantitative estimate of drug-likeness (QED) is 0.769. The zero-order chi connectivity index (χ0) is 19.8. The molecule has 0 saturated heterocycles. The van der Waals surface area contributed by atoms with Crippen LogP contribution in [0, 0.1) is 0 Å². The third kappa shape index (κ3) is 6.22. The maximum atomic E-state index is 12.5. The molecule has 0 aliphatic heterocycles. The molecule has 0 aliphatic rings. The van der Waals surface area contributed by atoms with Gasteiger partial charge in [0, 0.05) is 18.3 Å². The minimum atomic E-state index is -0.214. The summed E-state index contributed by atoms with van der Waals surface area (Å²) in [5.41, 5.74) is 3.42.